The van der Waals surface area contributed by atoms with Gasteiger partial charge in [0.1, 0.15) is 5.75 Å². The van der Waals surface area contributed by atoms with Crippen LogP contribution in [0, 0.1) is 0 Å². The Morgan fingerprint density at radius 2 is 1.56 bits per heavy atom. The van der Waals surface area contributed by atoms with Gasteiger partial charge in [-0.05, 0) is 66.6 Å². The number of carbonyl (C=O) groups is 2. The van der Waals surface area contributed by atoms with E-state index in [1.54, 1.807) is 65.6 Å². The van der Waals surface area contributed by atoms with Gasteiger partial charge in [0.2, 0.25) is 5.91 Å². The summed E-state index contributed by atoms with van der Waals surface area (Å²) in [4.78, 5) is 28.9. The molecule has 0 unspecified atom stereocenters. The number of hydrogen-bond acceptors (Lipinski definition) is 5. The Morgan fingerprint density at radius 3 is 2.15 bits per heavy atom. The largest absolute Gasteiger partial charge is 0.419 e. The predicted octanol–water partition coefficient (Wildman–Crippen LogP) is 5.17. The first-order valence-electron chi connectivity index (χ1n) is 10.5. The molecule has 1 aliphatic heterocycles. The smallest absolute Gasteiger partial charge is 0.410 e. The summed E-state index contributed by atoms with van der Waals surface area (Å²) in [5.41, 5.74) is 2.66. The molecule has 1 atom stereocenters. The molecule has 1 heterocycles. The van der Waals surface area contributed by atoms with Gasteiger partial charge in [0, 0.05) is 24.7 Å². The van der Waals surface area contributed by atoms with Crippen molar-refractivity contribution in [1.82, 2.24) is 0 Å². The summed E-state index contributed by atoms with van der Waals surface area (Å²) >= 11 is 5.92. The van der Waals surface area contributed by atoms with Crippen molar-refractivity contribution in [2.45, 2.75) is 24.8 Å². The number of fused-ring (bicyclic) bond motifs is 1. The monoisotopic (exact) mass is 498 g/mol. The molecule has 9 heteroatoms. The van der Waals surface area contributed by atoms with Gasteiger partial charge < -0.3 is 9.64 Å². The molecule has 7 nitrogen and oxygen atoms in total. The molecule has 0 N–H and O–H groups in total. The van der Waals surface area contributed by atoms with Gasteiger partial charge in [-0.2, -0.15) is 0 Å². The molecule has 0 saturated carbocycles. The van der Waals surface area contributed by atoms with Crippen LogP contribution in [-0.4, -0.2) is 39.3 Å². The molecule has 0 fully saturated rings. The van der Waals surface area contributed by atoms with E-state index in [4.69, 9.17) is 16.3 Å². The third-order valence-corrected chi connectivity index (χ3v) is 6.99. The Balaban J connectivity index is 1.74. The molecular weight excluding hydrogens is 476 g/mol. The summed E-state index contributed by atoms with van der Waals surface area (Å²) in [7, 11) is -3.31. The normalized spacial score (nSPS) is 15.6. The van der Waals surface area contributed by atoms with E-state index in [0.717, 1.165) is 17.4 Å². The zero-order chi connectivity index (χ0) is 24.6. The number of hydrogen-bond donors (Lipinski definition) is 0. The van der Waals surface area contributed by atoms with Crippen LogP contribution < -0.4 is 14.5 Å². The number of carbonyl (C=O) groups excluding carboxylic acids is 2. The molecule has 0 aromatic heterocycles. The minimum absolute atomic E-state index is 0.135. The van der Waals surface area contributed by atoms with Crippen molar-refractivity contribution in [3.05, 3.63) is 71.8 Å². The lowest BCUT2D eigenvalue weighted by Crippen LogP contribution is -2.52. The predicted molar refractivity (Wildman–Crippen MR) is 132 cm³/mol. The Morgan fingerprint density at radius 1 is 0.941 bits per heavy atom. The standard InChI is InChI=1S/C25H23ClN2O5S/c1-16-15-27(25(30)33-21-9-7-20(26)8-10-21)24-14-19(6-13-23(24)28(16)17(2)29)18-4-11-22(12-5-18)34(3,31)32/h4-14,16H,15H2,1-3H3/t16-/m0/s1. The fourth-order valence-electron chi connectivity index (χ4n) is 4.01. The van der Waals surface area contributed by atoms with E-state index in [1.807, 2.05) is 13.0 Å². The molecule has 0 saturated heterocycles. The Bertz CT molecular complexity index is 1360. The second kappa shape index (κ2) is 9.12. The van der Waals surface area contributed by atoms with Crippen LogP contribution in [-0.2, 0) is 14.6 Å². The SMILES string of the molecule is CC(=O)N1c2ccc(-c3ccc(S(C)(=O)=O)cc3)cc2N(C(=O)Oc2ccc(Cl)cc2)C[C@@H]1C. The van der Waals surface area contributed by atoms with Gasteiger partial charge in [-0.25, -0.2) is 13.2 Å². The lowest BCUT2D eigenvalue weighted by molar-refractivity contribution is -0.117. The first kappa shape index (κ1) is 23.8. The number of amides is 2. The topological polar surface area (TPSA) is 84.0 Å². The molecule has 3 aromatic carbocycles. The molecule has 0 aliphatic carbocycles. The fraction of sp³-hybridized carbons (Fsp3) is 0.200. The van der Waals surface area contributed by atoms with Crippen molar-refractivity contribution in [1.29, 1.82) is 0 Å². The molecule has 4 rings (SSSR count). The van der Waals surface area contributed by atoms with Crippen molar-refractivity contribution < 1.29 is 22.7 Å². The number of ether oxygens (including phenoxy) is 1. The highest BCUT2D eigenvalue weighted by molar-refractivity contribution is 7.90. The van der Waals surface area contributed by atoms with Gasteiger partial charge in [0.25, 0.3) is 0 Å². The minimum atomic E-state index is -3.31. The van der Waals surface area contributed by atoms with Crippen LogP contribution in [0.3, 0.4) is 0 Å². The quantitative estimate of drug-likeness (QED) is 0.497. The maximum atomic E-state index is 13.1. The van der Waals surface area contributed by atoms with Crippen LogP contribution in [0.15, 0.2) is 71.6 Å². The van der Waals surface area contributed by atoms with Gasteiger partial charge in [-0.1, -0.05) is 29.8 Å². The van der Waals surface area contributed by atoms with Crippen LogP contribution in [0.4, 0.5) is 16.2 Å². The Hall–Kier alpha value is -3.36. The average molecular weight is 499 g/mol. The molecule has 0 radical (unpaired) electrons. The van der Waals surface area contributed by atoms with E-state index in [-0.39, 0.29) is 23.4 Å². The Labute approximate surface area is 203 Å². The zero-order valence-corrected chi connectivity index (χ0v) is 20.4. The van der Waals surface area contributed by atoms with Crippen molar-refractivity contribution >= 4 is 44.8 Å². The van der Waals surface area contributed by atoms with Crippen LogP contribution in [0.5, 0.6) is 5.75 Å². The van der Waals surface area contributed by atoms with E-state index in [1.165, 1.54) is 11.8 Å². The first-order chi connectivity index (χ1) is 16.0. The van der Waals surface area contributed by atoms with Gasteiger partial charge in [0.15, 0.2) is 9.84 Å². The highest BCUT2D eigenvalue weighted by Gasteiger charge is 2.34. The van der Waals surface area contributed by atoms with Gasteiger partial charge in [-0.15, -0.1) is 0 Å². The van der Waals surface area contributed by atoms with E-state index in [9.17, 15) is 18.0 Å². The fourth-order valence-corrected chi connectivity index (χ4v) is 4.77. The molecule has 2 amide bonds. The number of sulfone groups is 1. The highest BCUT2D eigenvalue weighted by atomic mass is 35.5. The molecule has 1 aliphatic rings. The van der Waals surface area contributed by atoms with E-state index in [0.29, 0.717) is 22.1 Å². The summed E-state index contributed by atoms with van der Waals surface area (Å²) in [6.07, 6.45) is 0.575. The number of benzene rings is 3. The molecule has 0 spiro atoms. The first-order valence-corrected chi connectivity index (χ1v) is 12.8. The van der Waals surface area contributed by atoms with E-state index >= 15 is 0 Å². The number of rotatable bonds is 3. The van der Waals surface area contributed by atoms with Gasteiger partial charge in [-0.3, -0.25) is 9.69 Å². The number of nitrogens with zero attached hydrogens (tertiary/aromatic N) is 2. The van der Waals surface area contributed by atoms with Crippen molar-refractivity contribution in [3.63, 3.8) is 0 Å². The molecule has 3 aromatic rings. The maximum absolute atomic E-state index is 13.1. The second-order valence-corrected chi connectivity index (χ2v) is 10.6. The average Bonchev–Trinajstić information content (AvgIpc) is 2.79. The molecule has 0 bridgehead atoms. The summed E-state index contributed by atoms with van der Waals surface area (Å²) in [6.45, 7) is 3.60. The maximum Gasteiger partial charge on any atom is 0.419 e. The van der Waals surface area contributed by atoms with E-state index in [2.05, 4.69) is 0 Å². The molecule has 176 valence electrons. The van der Waals surface area contributed by atoms with Crippen LogP contribution >= 0.6 is 11.6 Å². The van der Waals surface area contributed by atoms with E-state index < -0.39 is 15.9 Å². The van der Waals surface area contributed by atoms with Crippen molar-refractivity contribution in [3.8, 4) is 16.9 Å². The summed E-state index contributed by atoms with van der Waals surface area (Å²) in [6, 6.07) is 18.1. The third kappa shape index (κ3) is 4.78. The van der Waals surface area contributed by atoms with Crippen LogP contribution in [0.2, 0.25) is 5.02 Å². The third-order valence-electron chi connectivity index (χ3n) is 5.61. The van der Waals surface area contributed by atoms with Crippen molar-refractivity contribution in [2.75, 3.05) is 22.6 Å². The summed E-state index contributed by atoms with van der Waals surface area (Å²) < 4.78 is 29.1. The van der Waals surface area contributed by atoms with Crippen LogP contribution in [0.1, 0.15) is 13.8 Å². The highest BCUT2D eigenvalue weighted by Crippen LogP contribution is 2.39. The summed E-state index contributed by atoms with van der Waals surface area (Å²) in [5, 5.41) is 0.528. The Kier molecular flexibility index (Phi) is 6.38. The lowest BCUT2D eigenvalue weighted by Gasteiger charge is -2.40. The van der Waals surface area contributed by atoms with Crippen LogP contribution in [0.25, 0.3) is 11.1 Å². The second-order valence-electron chi connectivity index (χ2n) is 8.17. The number of halogens is 1. The summed E-state index contributed by atoms with van der Waals surface area (Å²) in [5.74, 6) is 0.217. The van der Waals surface area contributed by atoms with Gasteiger partial charge in [0.05, 0.1) is 22.3 Å². The minimum Gasteiger partial charge on any atom is -0.410 e. The number of anilines is 2. The molecule has 34 heavy (non-hydrogen) atoms. The lowest BCUT2D eigenvalue weighted by atomic mass is 10.0. The van der Waals surface area contributed by atoms with Gasteiger partial charge >= 0.3 is 6.09 Å². The molecular formula is C25H23ClN2O5S. The van der Waals surface area contributed by atoms with Crippen molar-refractivity contribution in [2.24, 2.45) is 0 Å². The zero-order valence-electron chi connectivity index (χ0n) is 18.9.